The summed E-state index contributed by atoms with van der Waals surface area (Å²) in [5.41, 5.74) is 5.35. The monoisotopic (exact) mass is 482 g/mol. The zero-order chi connectivity index (χ0) is 24.4. The SMILES string of the molecule is CC(OC=O)c1ccccc1Cl.CN/C(C(C)=N)=C(/P)c1ccc(-c2ccc(O)cc2)cc1. The molecule has 0 aromatic heterocycles. The summed E-state index contributed by atoms with van der Waals surface area (Å²) in [4.78, 5) is 10.0. The molecule has 3 rings (SSSR count). The first-order chi connectivity index (χ1) is 15.8. The van der Waals surface area contributed by atoms with Gasteiger partial charge >= 0.3 is 0 Å². The quantitative estimate of drug-likeness (QED) is 0.206. The molecule has 0 bridgehead atoms. The van der Waals surface area contributed by atoms with E-state index in [2.05, 4.69) is 14.6 Å². The minimum absolute atomic E-state index is 0.269. The van der Waals surface area contributed by atoms with Gasteiger partial charge in [0, 0.05) is 22.9 Å². The summed E-state index contributed by atoms with van der Waals surface area (Å²) in [6.07, 6.45) is -0.281. The van der Waals surface area contributed by atoms with Gasteiger partial charge in [-0.25, -0.2) is 0 Å². The van der Waals surface area contributed by atoms with Gasteiger partial charge in [0.1, 0.15) is 11.9 Å². The van der Waals surface area contributed by atoms with Gasteiger partial charge in [0.15, 0.2) is 0 Å². The van der Waals surface area contributed by atoms with E-state index in [1.54, 1.807) is 32.0 Å². The highest BCUT2D eigenvalue weighted by molar-refractivity contribution is 7.31. The Morgan fingerprint density at radius 1 is 1.06 bits per heavy atom. The molecule has 3 aromatic carbocycles. The standard InChI is InChI=1S/C17H19N2OP.C9H9ClO2/c1-11(18)16(19-2)17(21)14-5-3-12(4-6-14)13-7-9-15(20)10-8-13;1-7(12-6-11)8-4-2-3-5-9(8)10/h3-10,18-20H,21H2,1-2H3;2-7H,1H3/b17-16+,18-11?;. The van der Waals surface area contributed by atoms with Crippen LogP contribution in [0, 0.1) is 5.41 Å². The van der Waals surface area contributed by atoms with Crippen LogP contribution in [0.2, 0.25) is 5.02 Å². The zero-order valence-corrected chi connectivity index (χ0v) is 20.7. The molecule has 0 aliphatic rings. The summed E-state index contributed by atoms with van der Waals surface area (Å²) in [5, 5.41) is 21.7. The fraction of sp³-hybridized carbons (Fsp3) is 0.154. The Hall–Kier alpha value is -3.14. The minimum atomic E-state index is -0.281. The Balaban J connectivity index is 0.000000273. The first-order valence-corrected chi connectivity index (χ1v) is 11.2. The maximum atomic E-state index is 10.0. The van der Waals surface area contributed by atoms with Gasteiger partial charge in [-0.1, -0.05) is 66.2 Å². The average Bonchev–Trinajstić information content (AvgIpc) is 2.81. The van der Waals surface area contributed by atoms with E-state index in [0.29, 0.717) is 17.2 Å². The second-order valence-corrected chi connectivity index (χ2v) is 8.17. The van der Waals surface area contributed by atoms with Gasteiger partial charge in [-0.15, -0.1) is 9.24 Å². The maximum Gasteiger partial charge on any atom is 0.293 e. The van der Waals surface area contributed by atoms with Crippen molar-refractivity contribution in [1.29, 1.82) is 5.41 Å². The van der Waals surface area contributed by atoms with Gasteiger partial charge in [-0.2, -0.15) is 0 Å². The van der Waals surface area contributed by atoms with Crippen molar-refractivity contribution in [2.75, 3.05) is 7.05 Å². The topological polar surface area (TPSA) is 82.4 Å². The van der Waals surface area contributed by atoms with Crippen molar-refractivity contribution < 1.29 is 14.6 Å². The number of carbonyl (C=O) groups excluding carboxylic acids is 1. The van der Waals surface area contributed by atoms with Crippen LogP contribution in [0.4, 0.5) is 0 Å². The predicted octanol–water partition coefficient (Wildman–Crippen LogP) is 6.44. The molecule has 0 saturated carbocycles. The molecule has 2 unspecified atom stereocenters. The number of allylic oxidation sites excluding steroid dienone is 1. The lowest BCUT2D eigenvalue weighted by molar-refractivity contribution is -0.133. The molecule has 7 heteroatoms. The van der Waals surface area contributed by atoms with E-state index in [1.807, 2.05) is 61.6 Å². The summed E-state index contributed by atoms with van der Waals surface area (Å²) < 4.78 is 4.74. The smallest absolute Gasteiger partial charge is 0.293 e. The molecule has 0 aliphatic carbocycles. The van der Waals surface area contributed by atoms with Gasteiger partial charge in [-0.05, 0) is 48.7 Å². The van der Waals surface area contributed by atoms with Crippen LogP contribution in [-0.2, 0) is 9.53 Å². The molecule has 33 heavy (non-hydrogen) atoms. The van der Waals surface area contributed by atoms with Crippen molar-refractivity contribution in [3.63, 3.8) is 0 Å². The Morgan fingerprint density at radius 2 is 1.61 bits per heavy atom. The summed E-state index contributed by atoms with van der Waals surface area (Å²) in [6, 6.07) is 22.6. The van der Waals surface area contributed by atoms with Crippen molar-refractivity contribution in [1.82, 2.24) is 5.32 Å². The van der Waals surface area contributed by atoms with E-state index in [9.17, 15) is 9.90 Å². The zero-order valence-electron chi connectivity index (χ0n) is 18.8. The number of phenolic OH excluding ortho intramolecular Hbond substituents is 1. The second kappa shape index (κ2) is 12.8. The molecule has 0 aliphatic heterocycles. The molecule has 0 spiro atoms. The number of aromatic hydroxyl groups is 1. The van der Waals surface area contributed by atoms with E-state index in [0.717, 1.165) is 33.3 Å². The predicted molar refractivity (Wildman–Crippen MR) is 140 cm³/mol. The number of hydrogen-bond acceptors (Lipinski definition) is 5. The molecule has 3 aromatic rings. The number of carbonyl (C=O) groups is 1. The molecule has 0 fully saturated rings. The molecule has 172 valence electrons. The van der Waals surface area contributed by atoms with Gasteiger partial charge in [0.05, 0.1) is 11.4 Å². The van der Waals surface area contributed by atoms with E-state index in [1.165, 1.54) is 0 Å². The summed E-state index contributed by atoms with van der Waals surface area (Å²) in [7, 11) is 4.52. The molecule has 5 nitrogen and oxygen atoms in total. The van der Waals surface area contributed by atoms with Gasteiger partial charge in [0.2, 0.25) is 0 Å². The molecule has 0 radical (unpaired) electrons. The first kappa shape index (κ1) is 26.1. The van der Waals surface area contributed by atoms with E-state index in [-0.39, 0.29) is 11.9 Å². The van der Waals surface area contributed by atoms with Crippen molar-refractivity contribution in [2.45, 2.75) is 20.0 Å². The van der Waals surface area contributed by atoms with Crippen LogP contribution in [0.15, 0.2) is 78.5 Å². The van der Waals surface area contributed by atoms with Crippen LogP contribution in [0.5, 0.6) is 5.75 Å². The third-order valence-corrected chi connectivity index (χ3v) is 5.86. The van der Waals surface area contributed by atoms with Crippen molar-refractivity contribution >= 4 is 38.3 Å². The Labute approximate surface area is 202 Å². The highest BCUT2D eigenvalue weighted by Crippen LogP contribution is 2.28. The van der Waals surface area contributed by atoms with E-state index >= 15 is 0 Å². The Morgan fingerprint density at radius 3 is 2.09 bits per heavy atom. The number of rotatable bonds is 7. The molecule has 0 saturated heterocycles. The molecule has 2 atom stereocenters. The lowest BCUT2D eigenvalue weighted by Crippen LogP contribution is -2.13. The van der Waals surface area contributed by atoms with E-state index in [4.69, 9.17) is 21.7 Å². The molecular formula is C26H28ClN2O3P. The number of halogens is 1. The summed E-state index contributed by atoms with van der Waals surface area (Å²) in [5.74, 6) is 0.269. The van der Waals surface area contributed by atoms with Crippen LogP contribution in [0.3, 0.4) is 0 Å². The minimum Gasteiger partial charge on any atom is -0.508 e. The number of nitrogens with one attached hydrogen (secondary N) is 2. The number of hydrogen-bond donors (Lipinski definition) is 3. The number of ether oxygens (including phenoxy) is 1. The van der Waals surface area contributed by atoms with Crippen molar-refractivity contribution in [3.8, 4) is 16.9 Å². The molecular weight excluding hydrogens is 455 g/mol. The van der Waals surface area contributed by atoms with Gasteiger partial charge < -0.3 is 20.6 Å². The normalized spacial score (nSPS) is 11.9. The average molecular weight is 483 g/mol. The fourth-order valence-corrected chi connectivity index (χ4v) is 3.97. The van der Waals surface area contributed by atoms with Gasteiger partial charge in [-0.3, -0.25) is 4.79 Å². The molecule has 3 N–H and O–H groups in total. The highest BCUT2D eigenvalue weighted by atomic mass is 35.5. The van der Waals surface area contributed by atoms with Crippen LogP contribution in [0.1, 0.15) is 31.1 Å². The third kappa shape index (κ3) is 7.45. The number of phenols is 1. The third-order valence-electron chi connectivity index (χ3n) is 4.89. The first-order valence-electron chi connectivity index (χ1n) is 10.2. The van der Waals surface area contributed by atoms with Crippen molar-refractivity contribution in [3.05, 3.63) is 94.6 Å². The highest BCUT2D eigenvalue weighted by Gasteiger charge is 2.08. The second-order valence-electron chi connectivity index (χ2n) is 7.18. The largest absolute Gasteiger partial charge is 0.508 e. The maximum absolute atomic E-state index is 10.0. The van der Waals surface area contributed by atoms with Crippen LogP contribution in [0.25, 0.3) is 16.4 Å². The lowest BCUT2D eigenvalue weighted by Gasteiger charge is -2.11. The Bertz CT molecular complexity index is 1110. The summed E-state index contributed by atoms with van der Waals surface area (Å²) in [6.45, 7) is 3.96. The lowest BCUT2D eigenvalue weighted by atomic mass is 10.0. The summed E-state index contributed by atoms with van der Waals surface area (Å²) >= 11 is 5.86. The van der Waals surface area contributed by atoms with Crippen LogP contribution in [-0.4, -0.2) is 24.3 Å². The fourth-order valence-electron chi connectivity index (χ4n) is 3.13. The van der Waals surface area contributed by atoms with Crippen LogP contribution >= 0.6 is 20.8 Å². The Kier molecular flexibility index (Phi) is 10.1. The molecule has 0 amide bonds. The van der Waals surface area contributed by atoms with E-state index < -0.39 is 0 Å². The van der Waals surface area contributed by atoms with Crippen LogP contribution < -0.4 is 5.32 Å². The van der Waals surface area contributed by atoms with Gasteiger partial charge in [0.25, 0.3) is 6.47 Å². The van der Waals surface area contributed by atoms with Crippen molar-refractivity contribution in [2.24, 2.45) is 0 Å². The number of benzene rings is 3. The molecule has 0 heterocycles.